The van der Waals surface area contributed by atoms with Gasteiger partial charge in [0.25, 0.3) is 0 Å². The molecule has 9 heteroatoms. The van der Waals surface area contributed by atoms with Crippen molar-refractivity contribution in [3.05, 3.63) is 24.5 Å². The molecule has 0 atom stereocenters. The number of likely N-dealkylation sites (tertiary alicyclic amines) is 1. The fraction of sp³-hybridized carbons (Fsp3) is 0.529. The van der Waals surface area contributed by atoms with Crippen molar-refractivity contribution in [1.29, 1.82) is 0 Å². The topological polar surface area (TPSA) is 98.7 Å². The number of aliphatic imine (C=N–C) groups is 1. The van der Waals surface area contributed by atoms with Crippen LogP contribution in [0.25, 0.3) is 0 Å². The molecule has 1 aliphatic heterocycles. The smallest absolute Gasteiger partial charge is 0.243 e. The number of halogens is 1. The van der Waals surface area contributed by atoms with Gasteiger partial charge >= 0.3 is 0 Å². The van der Waals surface area contributed by atoms with Gasteiger partial charge in [-0.3, -0.25) is 19.6 Å². The van der Waals surface area contributed by atoms with Crippen molar-refractivity contribution in [1.82, 2.24) is 20.5 Å². The second kappa shape index (κ2) is 11.7. The van der Waals surface area contributed by atoms with Gasteiger partial charge in [-0.15, -0.1) is 24.0 Å². The highest BCUT2D eigenvalue weighted by Crippen LogP contribution is 2.20. The number of hydrogen-bond acceptors (Lipinski definition) is 4. The van der Waals surface area contributed by atoms with E-state index in [1.807, 2.05) is 0 Å². The third-order valence-electron chi connectivity index (χ3n) is 4.23. The van der Waals surface area contributed by atoms with Crippen molar-refractivity contribution in [2.24, 2.45) is 10.9 Å². The van der Waals surface area contributed by atoms with Gasteiger partial charge in [-0.1, -0.05) is 0 Å². The van der Waals surface area contributed by atoms with Crippen molar-refractivity contribution >= 4 is 47.4 Å². The lowest BCUT2D eigenvalue weighted by Gasteiger charge is -2.33. The minimum absolute atomic E-state index is 0. The van der Waals surface area contributed by atoms with Crippen LogP contribution in [0.15, 0.2) is 29.5 Å². The van der Waals surface area contributed by atoms with Crippen molar-refractivity contribution in [2.75, 3.05) is 39.0 Å². The maximum absolute atomic E-state index is 12.0. The van der Waals surface area contributed by atoms with Gasteiger partial charge in [-0.25, -0.2) is 0 Å². The summed E-state index contributed by atoms with van der Waals surface area (Å²) in [7, 11) is 3.37. The Morgan fingerprint density at radius 2 is 2.04 bits per heavy atom. The van der Waals surface area contributed by atoms with Crippen LogP contribution in [-0.4, -0.2) is 61.4 Å². The second-order valence-corrected chi connectivity index (χ2v) is 6.00. The van der Waals surface area contributed by atoms with E-state index in [9.17, 15) is 9.59 Å². The summed E-state index contributed by atoms with van der Waals surface area (Å²) in [6.07, 6.45) is 5.71. The van der Waals surface area contributed by atoms with Gasteiger partial charge < -0.3 is 20.9 Å². The first-order valence-electron chi connectivity index (χ1n) is 8.48. The summed E-state index contributed by atoms with van der Waals surface area (Å²) in [5.74, 6) is 1.06. The fourth-order valence-electron chi connectivity index (χ4n) is 2.85. The summed E-state index contributed by atoms with van der Waals surface area (Å²) in [6.45, 7) is 1.79. The molecular weight excluding hydrogens is 447 g/mol. The van der Waals surface area contributed by atoms with Crippen molar-refractivity contribution < 1.29 is 9.59 Å². The van der Waals surface area contributed by atoms with Gasteiger partial charge in [-0.2, -0.15) is 0 Å². The normalized spacial score (nSPS) is 15.0. The molecule has 0 saturated carbocycles. The van der Waals surface area contributed by atoms with E-state index in [1.54, 1.807) is 38.6 Å². The van der Waals surface area contributed by atoms with Crippen molar-refractivity contribution in [3.63, 3.8) is 0 Å². The minimum Gasteiger partial charge on any atom is -0.359 e. The second-order valence-electron chi connectivity index (χ2n) is 6.00. The van der Waals surface area contributed by atoms with Gasteiger partial charge in [0.15, 0.2) is 5.96 Å². The van der Waals surface area contributed by atoms with Crippen LogP contribution in [0.4, 0.5) is 5.69 Å². The highest BCUT2D eigenvalue weighted by molar-refractivity contribution is 14.0. The summed E-state index contributed by atoms with van der Waals surface area (Å²) in [6, 6.07) is 3.56. The molecule has 1 aliphatic rings. The van der Waals surface area contributed by atoms with Crippen LogP contribution in [-0.2, 0) is 9.59 Å². The average molecular weight is 474 g/mol. The van der Waals surface area contributed by atoms with Gasteiger partial charge in [0.2, 0.25) is 11.8 Å². The van der Waals surface area contributed by atoms with Crippen LogP contribution in [0.3, 0.4) is 0 Å². The predicted molar refractivity (Wildman–Crippen MR) is 113 cm³/mol. The Bertz CT molecular complexity index is 603. The van der Waals surface area contributed by atoms with E-state index in [0.717, 1.165) is 25.9 Å². The maximum atomic E-state index is 12.0. The molecule has 2 heterocycles. The van der Waals surface area contributed by atoms with E-state index in [1.165, 1.54) is 0 Å². The SMILES string of the molecule is CN=C(NCC(=O)Nc1cccnc1)N1CCC(CC(=O)NC)CC1.I. The number of aromatic nitrogens is 1. The van der Waals surface area contributed by atoms with Gasteiger partial charge in [-0.05, 0) is 30.9 Å². The zero-order chi connectivity index (χ0) is 18.1. The molecule has 1 saturated heterocycles. The average Bonchev–Trinajstić information content (AvgIpc) is 2.64. The maximum Gasteiger partial charge on any atom is 0.243 e. The molecule has 2 amide bonds. The Balaban J connectivity index is 0.00000338. The van der Waals surface area contributed by atoms with E-state index < -0.39 is 0 Å². The molecule has 26 heavy (non-hydrogen) atoms. The fourth-order valence-corrected chi connectivity index (χ4v) is 2.85. The summed E-state index contributed by atoms with van der Waals surface area (Å²) >= 11 is 0. The summed E-state index contributed by atoms with van der Waals surface area (Å²) in [4.78, 5) is 33.8. The van der Waals surface area contributed by atoms with Crippen LogP contribution in [0, 0.1) is 5.92 Å². The van der Waals surface area contributed by atoms with E-state index in [4.69, 9.17) is 0 Å². The molecule has 0 radical (unpaired) electrons. The largest absolute Gasteiger partial charge is 0.359 e. The predicted octanol–water partition coefficient (Wildman–Crippen LogP) is 1.06. The van der Waals surface area contributed by atoms with E-state index >= 15 is 0 Å². The highest BCUT2D eigenvalue weighted by atomic mass is 127. The Kier molecular flexibility index (Phi) is 9.92. The van der Waals surface area contributed by atoms with Gasteiger partial charge in [0.1, 0.15) is 0 Å². The molecule has 0 bridgehead atoms. The van der Waals surface area contributed by atoms with Crippen LogP contribution in [0.5, 0.6) is 0 Å². The molecule has 1 aromatic rings. The molecule has 3 N–H and O–H groups in total. The van der Waals surface area contributed by atoms with Crippen LogP contribution >= 0.6 is 24.0 Å². The third kappa shape index (κ3) is 7.14. The van der Waals surface area contributed by atoms with Crippen LogP contribution in [0.2, 0.25) is 0 Å². The Labute approximate surface area is 171 Å². The van der Waals surface area contributed by atoms with E-state index in [0.29, 0.717) is 24.0 Å². The number of piperidine rings is 1. The summed E-state index contributed by atoms with van der Waals surface area (Å²) in [5.41, 5.74) is 0.666. The molecule has 1 fully saturated rings. The molecule has 0 unspecified atom stereocenters. The molecule has 144 valence electrons. The molecular formula is C17H27IN6O2. The Hall–Kier alpha value is -1.91. The van der Waals surface area contributed by atoms with E-state index in [2.05, 4.69) is 30.8 Å². The number of carbonyl (C=O) groups is 2. The number of guanidine groups is 1. The summed E-state index contributed by atoms with van der Waals surface area (Å²) < 4.78 is 0. The number of amides is 2. The first kappa shape index (κ1) is 22.1. The Morgan fingerprint density at radius 3 is 2.62 bits per heavy atom. The Morgan fingerprint density at radius 1 is 1.31 bits per heavy atom. The number of nitrogens with zero attached hydrogens (tertiary/aromatic N) is 3. The molecule has 1 aromatic heterocycles. The zero-order valence-corrected chi connectivity index (χ0v) is 17.5. The first-order valence-corrected chi connectivity index (χ1v) is 8.48. The lowest BCUT2D eigenvalue weighted by Crippen LogP contribution is -2.47. The van der Waals surface area contributed by atoms with Gasteiger partial charge in [0, 0.05) is 39.8 Å². The monoisotopic (exact) mass is 474 g/mol. The molecule has 2 rings (SSSR count). The molecule has 0 spiro atoms. The number of hydrogen-bond donors (Lipinski definition) is 3. The lowest BCUT2D eigenvalue weighted by atomic mass is 9.93. The summed E-state index contributed by atoms with van der Waals surface area (Å²) in [5, 5.41) is 8.54. The van der Waals surface area contributed by atoms with Crippen LogP contribution in [0.1, 0.15) is 19.3 Å². The number of anilines is 1. The molecule has 0 aliphatic carbocycles. The molecule has 8 nitrogen and oxygen atoms in total. The number of carbonyl (C=O) groups excluding carboxylic acids is 2. The number of pyridine rings is 1. The number of nitrogens with one attached hydrogen (secondary N) is 3. The zero-order valence-electron chi connectivity index (χ0n) is 15.2. The number of rotatable bonds is 5. The lowest BCUT2D eigenvalue weighted by molar-refractivity contribution is -0.121. The van der Waals surface area contributed by atoms with Gasteiger partial charge in [0.05, 0.1) is 18.4 Å². The quantitative estimate of drug-likeness (QED) is 0.337. The highest BCUT2D eigenvalue weighted by Gasteiger charge is 2.23. The van der Waals surface area contributed by atoms with Crippen molar-refractivity contribution in [2.45, 2.75) is 19.3 Å². The first-order chi connectivity index (χ1) is 12.1. The van der Waals surface area contributed by atoms with Crippen LogP contribution < -0.4 is 16.0 Å². The molecule has 0 aromatic carbocycles. The standard InChI is InChI=1S/C17H26N6O2.HI/c1-18-15(24)10-13-5-8-23(9-6-13)17(19-2)21-12-16(25)22-14-4-3-7-20-11-14;/h3-4,7,11,13H,5-6,8-10,12H2,1-2H3,(H,18,24)(H,19,21)(H,22,25);1H. The van der Waals surface area contributed by atoms with E-state index in [-0.39, 0.29) is 42.3 Å². The minimum atomic E-state index is -0.149. The third-order valence-corrected chi connectivity index (χ3v) is 4.23. The van der Waals surface area contributed by atoms with Crippen molar-refractivity contribution in [3.8, 4) is 0 Å².